The van der Waals surface area contributed by atoms with Gasteiger partial charge in [0.2, 0.25) is 0 Å². The lowest BCUT2D eigenvalue weighted by Crippen LogP contribution is -2.14. The summed E-state index contributed by atoms with van der Waals surface area (Å²) in [5.41, 5.74) is 9.23. The maximum atomic E-state index is 7.13. The molecule has 2 aromatic heterocycles. The highest BCUT2D eigenvalue weighted by molar-refractivity contribution is 7.17. The Balaban J connectivity index is 1.44. The molecule has 0 saturated heterocycles. The highest BCUT2D eigenvalue weighted by atomic mass is 35.5. The maximum Gasteiger partial charge on any atom is 0.136 e. The van der Waals surface area contributed by atoms with Crippen molar-refractivity contribution < 1.29 is 4.42 Å². The molecule has 7 aromatic rings. The summed E-state index contributed by atoms with van der Waals surface area (Å²) in [5.74, 6) is 0. The van der Waals surface area contributed by atoms with Gasteiger partial charge in [0.25, 0.3) is 0 Å². The SMILES string of the molecule is CC(C)(C)c1ccc(N(c2cc(-c3ccc4c(c3)oc3ccccc34)cc(Cl)c2Cl)c2csc3ccc(C(C)(C)C)cc23)cc1. The van der Waals surface area contributed by atoms with E-state index in [2.05, 4.69) is 125 Å². The predicted molar refractivity (Wildman–Crippen MR) is 197 cm³/mol. The molecule has 0 amide bonds. The van der Waals surface area contributed by atoms with Crippen molar-refractivity contribution in [1.29, 1.82) is 0 Å². The number of halogens is 2. The molecular weight excluding hydrogens is 613 g/mol. The zero-order valence-corrected chi connectivity index (χ0v) is 28.7. The number of anilines is 3. The van der Waals surface area contributed by atoms with Crippen LogP contribution in [0.1, 0.15) is 52.7 Å². The third-order valence-electron chi connectivity index (χ3n) is 8.61. The molecule has 0 atom stereocenters. The van der Waals surface area contributed by atoms with Gasteiger partial charge in [0.15, 0.2) is 0 Å². The van der Waals surface area contributed by atoms with Gasteiger partial charge >= 0.3 is 0 Å². The minimum atomic E-state index is 0.0166. The summed E-state index contributed by atoms with van der Waals surface area (Å²) in [6, 6.07) is 34.2. The van der Waals surface area contributed by atoms with Crippen LogP contribution in [0.5, 0.6) is 0 Å². The largest absolute Gasteiger partial charge is 0.456 e. The molecule has 0 radical (unpaired) electrons. The smallest absolute Gasteiger partial charge is 0.136 e. The van der Waals surface area contributed by atoms with E-state index in [1.807, 2.05) is 24.3 Å². The average Bonchev–Trinajstić information content (AvgIpc) is 3.59. The lowest BCUT2D eigenvalue weighted by Gasteiger charge is -2.28. The average molecular weight is 649 g/mol. The summed E-state index contributed by atoms with van der Waals surface area (Å²) < 4.78 is 7.46. The second-order valence-electron chi connectivity index (χ2n) is 13.8. The Morgan fingerprint density at radius 1 is 0.600 bits per heavy atom. The fraction of sp³-hybridized carbons (Fsp3) is 0.200. The van der Waals surface area contributed by atoms with Crippen LogP contribution in [0, 0.1) is 0 Å². The zero-order valence-electron chi connectivity index (χ0n) is 26.3. The molecule has 0 spiro atoms. The normalized spacial score (nSPS) is 12.4. The third kappa shape index (κ3) is 5.42. The summed E-state index contributed by atoms with van der Waals surface area (Å²) in [6.45, 7) is 13.5. The van der Waals surface area contributed by atoms with Crippen LogP contribution in [0.2, 0.25) is 10.0 Å². The van der Waals surface area contributed by atoms with E-state index in [4.69, 9.17) is 27.6 Å². The lowest BCUT2D eigenvalue weighted by molar-refractivity contribution is 0.590. The number of rotatable bonds is 4. The van der Waals surface area contributed by atoms with Crippen molar-refractivity contribution in [2.45, 2.75) is 52.4 Å². The molecule has 0 bridgehead atoms. The molecular formula is C40H35Cl2NOS. The summed E-state index contributed by atoms with van der Waals surface area (Å²) in [6.07, 6.45) is 0. The lowest BCUT2D eigenvalue weighted by atomic mass is 9.86. The number of hydrogen-bond donors (Lipinski definition) is 0. The number of furan rings is 1. The monoisotopic (exact) mass is 647 g/mol. The first-order valence-electron chi connectivity index (χ1n) is 15.2. The van der Waals surface area contributed by atoms with E-state index in [1.54, 1.807) is 11.3 Å². The molecule has 0 aliphatic heterocycles. The van der Waals surface area contributed by atoms with Crippen LogP contribution in [-0.2, 0) is 10.8 Å². The first-order chi connectivity index (χ1) is 21.4. The highest BCUT2D eigenvalue weighted by Gasteiger charge is 2.24. The highest BCUT2D eigenvalue weighted by Crippen LogP contribution is 2.48. The topological polar surface area (TPSA) is 16.4 Å². The van der Waals surface area contributed by atoms with Crippen LogP contribution in [0.4, 0.5) is 17.1 Å². The Morgan fingerprint density at radius 3 is 2.02 bits per heavy atom. The van der Waals surface area contributed by atoms with Crippen LogP contribution in [0.3, 0.4) is 0 Å². The van der Waals surface area contributed by atoms with Crippen LogP contribution in [0.15, 0.2) is 107 Å². The van der Waals surface area contributed by atoms with E-state index < -0.39 is 0 Å². The van der Waals surface area contributed by atoms with Gasteiger partial charge in [-0.1, -0.05) is 107 Å². The van der Waals surface area contributed by atoms with Gasteiger partial charge in [0.1, 0.15) is 11.2 Å². The Bertz CT molecular complexity index is 2210. The van der Waals surface area contributed by atoms with E-state index in [0.717, 1.165) is 50.1 Å². The van der Waals surface area contributed by atoms with Crippen molar-refractivity contribution >= 4 is 83.6 Å². The predicted octanol–water partition coefficient (Wildman–Crippen LogP) is 13.8. The van der Waals surface area contributed by atoms with Gasteiger partial charge in [-0.3, -0.25) is 0 Å². The van der Waals surface area contributed by atoms with Gasteiger partial charge in [-0.2, -0.15) is 0 Å². The second-order valence-corrected chi connectivity index (χ2v) is 15.5. The fourth-order valence-corrected chi connectivity index (χ4v) is 7.30. The second kappa shape index (κ2) is 10.9. The molecule has 0 saturated carbocycles. The van der Waals surface area contributed by atoms with Crippen molar-refractivity contribution in [2.24, 2.45) is 0 Å². The first kappa shape index (κ1) is 29.9. The van der Waals surface area contributed by atoms with Crippen LogP contribution in [0.25, 0.3) is 43.2 Å². The standard InChI is InChI=1S/C40H35Cl2NOS/c1-39(2,3)26-12-15-28(16-13-26)43(34-23-45-37-18-14-27(22-31(34)37)40(4,5)6)33-20-25(19-32(41)38(33)42)24-11-17-30-29-9-7-8-10-35(29)44-36(30)21-24/h7-23H,1-6H3. The van der Waals surface area contributed by atoms with Gasteiger partial charge in [0.05, 0.1) is 21.4 Å². The van der Waals surface area contributed by atoms with Gasteiger partial charge in [-0.25, -0.2) is 0 Å². The molecule has 0 aliphatic carbocycles. The molecule has 0 unspecified atom stereocenters. The molecule has 2 heterocycles. The van der Waals surface area contributed by atoms with Gasteiger partial charge in [-0.05, 0) is 87.7 Å². The minimum Gasteiger partial charge on any atom is -0.456 e. The number of hydrogen-bond acceptors (Lipinski definition) is 3. The van der Waals surface area contributed by atoms with Crippen molar-refractivity contribution in [1.82, 2.24) is 0 Å². The van der Waals surface area contributed by atoms with E-state index in [-0.39, 0.29) is 10.8 Å². The van der Waals surface area contributed by atoms with Crippen LogP contribution in [-0.4, -0.2) is 0 Å². The Kier molecular flexibility index (Phi) is 7.28. The van der Waals surface area contributed by atoms with E-state index in [9.17, 15) is 0 Å². The number of thiophene rings is 1. The number of nitrogens with zero attached hydrogens (tertiary/aromatic N) is 1. The summed E-state index contributed by atoms with van der Waals surface area (Å²) in [5, 5.41) is 6.63. The van der Waals surface area contributed by atoms with Crippen molar-refractivity contribution in [3.63, 3.8) is 0 Å². The van der Waals surface area contributed by atoms with E-state index in [1.165, 1.54) is 21.2 Å². The maximum absolute atomic E-state index is 7.13. The van der Waals surface area contributed by atoms with E-state index >= 15 is 0 Å². The molecule has 7 rings (SSSR count). The van der Waals surface area contributed by atoms with Crippen molar-refractivity contribution in [2.75, 3.05) is 4.90 Å². The molecule has 0 N–H and O–H groups in total. The quantitative estimate of drug-likeness (QED) is 0.189. The Morgan fingerprint density at radius 2 is 1.29 bits per heavy atom. The van der Waals surface area contributed by atoms with Crippen LogP contribution < -0.4 is 4.90 Å². The van der Waals surface area contributed by atoms with Gasteiger partial charge in [0, 0.05) is 31.9 Å². The molecule has 0 aliphatic rings. The third-order valence-corrected chi connectivity index (χ3v) is 10.4. The zero-order chi connectivity index (χ0) is 31.7. The fourth-order valence-electron chi connectivity index (χ4n) is 5.98. The van der Waals surface area contributed by atoms with Gasteiger partial charge < -0.3 is 9.32 Å². The Hall–Kier alpha value is -3.76. The minimum absolute atomic E-state index is 0.0166. The molecule has 45 heavy (non-hydrogen) atoms. The van der Waals surface area contributed by atoms with Gasteiger partial charge in [-0.15, -0.1) is 11.3 Å². The van der Waals surface area contributed by atoms with E-state index in [0.29, 0.717) is 10.0 Å². The molecule has 2 nitrogen and oxygen atoms in total. The molecule has 0 fully saturated rings. The summed E-state index contributed by atoms with van der Waals surface area (Å²) >= 11 is 15.8. The molecule has 226 valence electrons. The molecule has 5 heteroatoms. The number of fused-ring (bicyclic) bond motifs is 4. The number of para-hydroxylation sites is 1. The van der Waals surface area contributed by atoms with Crippen molar-refractivity contribution in [3.8, 4) is 11.1 Å². The summed E-state index contributed by atoms with van der Waals surface area (Å²) in [7, 11) is 0. The molecule has 5 aromatic carbocycles. The van der Waals surface area contributed by atoms with Crippen molar-refractivity contribution in [3.05, 3.63) is 124 Å². The number of benzene rings is 5. The van der Waals surface area contributed by atoms with Crippen LogP contribution >= 0.6 is 34.5 Å². The summed E-state index contributed by atoms with van der Waals surface area (Å²) in [4.78, 5) is 2.26. The first-order valence-corrected chi connectivity index (χ1v) is 16.9. The Labute approximate surface area is 278 Å².